The maximum Gasteiger partial charge on any atom is 0.146 e. The van der Waals surface area contributed by atoms with E-state index in [4.69, 9.17) is 4.74 Å². The summed E-state index contributed by atoms with van der Waals surface area (Å²) < 4.78 is 5.45. The van der Waals surface area contributed by atoms with Gasteiger partial charge in [0.25, 0.3) is 0 Å². The summed E-state index contributed by atoms with van der Waals surface area (Å²) in [5, 5.41) is 11.0. The Morgan fingerprint density at radius 1 is 1.04 bits per heavy atom. The Morgan fingerprint density at radius 3 is 2.31 bits per heavy atom. The average Bonchev–Trinajstić information content (AvgIpc) is 2.65. The lowest BCUT2D eigenvalue weighted by Crippen LogP contribution is -2.22. The summed E-state index contributed by atoms with van der Waals surface area (Å²) in [4.78, 5) is 2.17. The molecule has 0 aliphatic rings. The van der Waals surface area contributed by atoms with Crippen molar-refractivity contribution >= 4 is 5.69 Å². The molecule has 1 N–H and O–H groups in total. The molecule has 2 aromatic rings. The van der Waals surface area contributed by atoms with Gasteiger partial charge >= 0.3 is 0 Å². The molecule has 0 amide bonds. The lowest BCUT2D eigenvalue weighted by Gasteiger charge is -2.24. The number of anilines is 1. The van der Waals surface area contributed by atoms with Crippen molar-refractivity contribution in [1.29, 1.82) is 0 Å². The Hall–Kier alpha value is -2.68. The van der Waals surface area contributed by atoms with Crippen molar-refractivity contribution in [3.63, 3.8) is 0 Å². The highest BCUT2D eigenvalue weighted by Crippen LogP contribution is 2.40. The van der Waals surface area contributed by atoms with Crippen LogP contribution in [-0.2, 0) is 12.8 Å². The van der Waals surface area contributed by atoms with Gasteiger partial charge in [-0.05, 0) is 67.6 Å². The molecule has 0 aliphatic heterocycles. The van der Waals surface area contributed by atoms with Gasteiger partial charge in [-0.2, -0.15) is 0 Å². The minimum atomic E-state index is 0.316. The van der Waals surface area contributed by atoms with Crippen LogP contribution in [0.3, 0.4) is 0 Å². The van der Waals surface area contributed by atoms with Crippen LogP contribution >= 0.6 is 0 Å². The van der Waals surface area contributed by atoms with Crippen LogP contribution in [0, 0.1) is 0 Å². The number of aromatic hydroxyl groups is 1. The summed E-state index contributed by atoms with van der Waals surface area (Å²) in [7, 11) is 1.67. The molecule has 0 heterocycles. The second-order valence-corrected chi connectivity index (χ2v) is 6.20. The molecule has 0 spiro atoms. The third-order valence-electron chi connectivity index (χ3n) is 4.59. The van der Waals surface area contributed by atoms with Crippen LogP contribution in [0.1, 0.15) is 25.0 Å². The third-order valence-corrected chi connectivity index (χ3v) is 4.59. The lowest BCUT2D eigenvalue weighted by atomic mass is 9.96. The minimum Gasteiger partial charge on any atom is -0.505 e. The first-order chi connectivity index (χ1) is 12.6. The van der Waals surface area contributed by atoms with Crippen molar-refractivity contribution in [2.45, 2.75) is 26.7 Å². The average molecular weight is 351 g/mol. The number of methoxy groups -OCH3 is 1. The molecule has 0 aromatic heterocycles. The number of nitrogens with zero attached hydrogens (tertiary/aromatic N) is 1. The molecule has 3 nitrogen and oxygen atoms in total. The minimum absolute atomic E-state index is 0.316. The van der Waals surface area contributed by atoms with Crippen LogP contribution in [0.5, 0.6) is 11.5 Å². The van der Waals surface area contributed by atoms with E-state index in [1.165, 1.54) is 0 Å². The van der Waals surface area contributed by atoms with Crippen molar-refractivity contribution in [3.05, 3.63) is 66.8 Å². The number of phenolic OH excluding ortho intramolecular Hbond substituents is 1. The summed E-state index contributed by atoms with van der Waals surface area (Å²) in [6.07, 6.45) is 5.22. The van der Waals surface area contributed by atoms with Crippen LogP contribution < -0.4 is 9.64 Å². The van der Waals surface area contributed by atoms with E-state index in [0.717, 1.165) is 53.2 Å². The number of hydrogen-bond acceptors (Lipinski definition) is 3. The zero-order chi connectivity index (χ0) is 19.1. The van der Waals surface area contributed by atoms with Crippen molar-refractivity contribution < 1.29 is 9.84 Å². The molecule has 0 fully saturated rings. The van der Waals surface area contributed by atoms with Crippen LogP contribution in [0.4, 0.5) is 5.69 Å². The molecule has 0 atom stereocenters. The molecule has 3 heteroatoms. The Bertz CT molecular complexity index is 776. The highest BCUT2D eigenvalue weighted by atomic mass is 16.5. The van der Waals surface area contributed by atoms with Gasteiger partial charge < -0.3 is 14.7 Å². The number of hydrogen-bond donors (Lipinski definition) is 1. The van der Waals surface area contributed by atoms with Gasteiger partial charge in [0.1, 0.15) is 11.5 Å². The molecule has 0 aliphatic carbocycles. The fraction of sp³-hybridized carbons (Fsp3) is 0.304. The van der Waals surface area contributed by atoms with Crippen LogP contribution in [0.25, 0.3) is 11.1 Å². The van der Waals surface area contributed by atoms with E-state index < -0.39 is 0 Å². The number of benzene rings is 2. The molecule has 2 rings (SSSR count). The van der Waals surface area contributed by atoms with Gasteiger partial charge in [0, 0.05) is 18.7 Å². The molecule has 26 heavy (non-hydrogen) atoms. The Morgan fingerprint density at radius 2 is 1.73 bits per heavy atom. The standard InChI is InChI=1S/C23H29NO2/c1-6-10-17-14-20(23(25)21(15-17)24(8-3)9-4)18-12-13-22(26-5)19(16-18)11-7-2/h6-7,12-16,25H,1-2,8-11H2,3-5H3. The fourth-order valence-corrected chi connectivity index (χ4v) is 3.25. The molecule has 2 aromatic carbocycles. The zero-order valence-corrected chi connectivity index (χ0v) is 16.1. The van der Waals surface area contributed by atoms with Crippen LogP contribution in [-0.4, -0.2) is 25.3 Å². The van der Waals surface area contributed by atoms with E-state index in [1.54, 1.807) is 7.11 Å². The fourth-order valence-electron chi connectivity index (χ4n) is 3.25. The summed E-state index contributed by atoms with van der Waals surface area (Å²) in [5.41, 5.74) is 4.86. The van der Waals surface area contributed by atoms with E-state index in [2.05, 4.69) is 44.0 Å². The molecule has 0 radical (unpaired) electrons. The predicted molar refractivity (Wildman–Crippen MR) is 111 cm³/mol. The van der Waals surface area contributed by atoms with Gasteiger partial charge in [-0.3, -0.25) is 0 Å². The molecule has 138 valence electrons. The van der Waals surface area contributed by atoms with Gasteiger partial charge in [-0.25, -0.2) is 0 Å². The molecule has 0 unspecified atom stereocenters. The van der Waals surface area contributed by atoms with Crippen molar-refractivity contribution in [3.8, 4) is 22.6 Å². The quantitative estimate of drug-likeness (QED) is 0.616. The second-order valence-electron chi connectivity index (χ2n) is 6.20. The summed E-state index contributed by atoms with van der Waals surface area (Å²) >= 11 is 0. The molecular formula is C23H29NO2. The third kappa shape index (κ3) is 4.10. The van der Waals surface area contributed by atoms with Gasteiger partial charge in [-0.15, -0.1) is 13.2 Å². The second kappa shape index (κ2) is 9.14. The summed E-state index contributed by atoms with van der Waals surface area (Å²) in [6.45, 7) is 13.5. The van der Waals surface area contributed by atoms with Gasteiger partial charge in [0.2, 0.25) is 0 Å². The number of allylic oxidation sites excluding steroid dienone is 2. The predicted octanol–water partition coefficient (Wildman–Crippen LogP) is 5.37. The van der Waals surface area contributed by atoms with E-state index in [9.17, 15) is 5.11 Å². The first-order valence-corrected chi connectivity index (χ1v) is 9.09. The Labute approximate surface area is 157 Å². The van der Waals surface area contributed by atoms with Crippen molar-refractivity contribution in [2.75, 3.05) is 25.1 Å². The van der Waals surface area contributed by atoms with E-state index in [1.807, 2.05) is 30.4 Å². The van der Waals surface area contributed by atoms with E-state index in [-0.39, 0.29) is 0 Å². The molecule has 0 saturated carbocycles. The molecule has 0 saturated heterocycles. The lowest BCUT2D eigenvalue weighted by molar-refractivity contribution is 0.411. The van der Waals surface area contributed by atoms with Crippen LogP contribution in [0.2, 0.25) is 0 Å². The maximum atomic E-state index is 11.0. The normalized spacial score (nSPS) is 10.4. The number of phenols is 1. The van der Waals surface area contributed by atoms with Gasteiger partial charge in [0.05, 0.1) is 12.8 Å². The van der Waals surface area contributed by atoms with Crippen molar-refractivity contribution in [1.82, 2.24) is 0 Å². The summed E-state index contributed by atoms with van der Waals surface area (Å²) in [5.74, 6) is 1.15. The highest BCUT2D eigenvalue weighted by Gasteiger charge is 2.16. The SMILES string of the molecule is C=CCc1cc(-c2ccc(OC)c(CC=C)c2)c(O)c(N(CC)CC)c1. The van der Waals surface area contributed by atoms with Gasteiger partial charge in [-0.1, -0.05) is 18.2 Å². The maximum absolute atomic E-state index is 11.0. The first-order valence-electron chi connectivity index (χ1n) is 9.09. The monoisotopic (exact) mass is 351 g/mol. The number of rotatable bonds is 9. The largest absolute Gasteiger partial charge is 0.505 e. The molecular weight excluding hydrogens is 322 g/mol. The topological polar surface area (TPSA) is 32.7 Å². The Kier molecular flexibility index (Phi) is 6.90. The van der Waals surface area contributed by atoms with Crippen LogP contribution in [0.15, 0.2) is 55.6 Å². The number of ether oxygens (including phenoxy) is 1. The van der Waals surface area contributed by atoms with E-state index >= 15 is 0 Å². The highest BCUT2D eigenvalue weighted by molar-refractivity contribution is 5.80. The zero-order valence-electron chi connectivity index (χ0n) is 16.1. The molecule has 0 bridgehead atoms. The summed E-state index contributed by atoms with van der Waals surface area (Å²) in [6, 6.07) is 10.1. The first kappa shape index (κ1) is 19.6. The van der Waals surface area contributed by atoms with E-state index in [0.29, 0.717) is 12.2 Å². The smallest absolute Gasteiger partial charge is 0.146 e. The Balaban J connectivity index is 2.65. The van der Waals surface area contributed by atoms with Crippen molar-refractivity contribution in [2.24, 2.45) is 0 Å². The van der Waals surface area contributed by atoms with Gasteiger partial charge in [0.15, 0.2) is 0 Å².